The summed E-state index contributed by atoms with van der Waals surface area (Å²) in [5.41, 5.74) is -0.112. The van der Waals surface area contributed by atoms with E-state index in [4.69, 9.17) is 4.74 Å². The van der Waals surface area contributed by atoms with Crippen LogP contribution in [0.25, 0.3) is 0 Å². The molecule has 1 aromatic carbocycles. The molecule has 22 nitrogen and oxygen atoms in total. The van der Waals surface area contributed by atoms with Gasteiger partial charge in [0, 0.05) is 88.1 Å². The van der Waals surface area contributed by atoms with E-state index in [2.05, 4.69) is 26.3 Å². The van der Waals surface area contributed by atoms with E-state index in [-0.39, 0.29) is 104 Å². The molecule has 0 saturated carbocycles. The maximum atomic E-state index is 14.3. The number of nitrogens with one attached hydrogen (secondary N) is 4. The van der Waals surface area contributed by atoms with Gasteiger partial charge in [-0.25, -0.2) is 4.98 Å². The summed E-state index contributed by atoms with van der Waals surface area (Å²) in [6.07, 6.45) is 4.32. The third-order valence-corrected chi connectivity index (χ3v) is 14.7. The number of esters is 1. The lowest BCUT2D eigenvalue weighted by Gasteiger charge is -2.38. The largest absolute Gasteiger partial charge is 0.481 e. The van der Waals surface area contributed by atoms with Crippen molar-refractivity contribution in [1.29, 1.82) is 0 Å². The number of anilines is 2. The van der Waals surface area contributed by atoms with Crippen LogP contribution in [0.3, 0.4) is 0 Å². The molecule has 3 heterocycles. The number of likely N-dealkylation sites (N-methyl/N-ethyl adjacent to an activating group) is 2. The molecule has 4 rings (SSSR count). The molecule has 2 aliphatic rings. The summed E-state index contributed by atoms with van der Waals surface area (Å²) in [5.74, 6) is -7.34. The quantitative estimate of drug-likeness (QED) is 0.0563. The summed E-state index contributed by atoms with van der Waals surface area (Å²) in [6.45, 7) is 13.9. The second kappa shape index (κ2) is 27.6. The third-order valence-electron chi connectivity index (χ3n) is 13.7. The standard InChI is InChI=1S/C53H73N9O13S/c1-12-31(4)47(58-52(74)53(7,8)59(9)10)50(71)60(11)39(30(2)3)28-40(75-33(6)63)49-57-38(29-76-49)48(70)54-35(25-32(5)51(72)73)26-34-17-18-36(55-41(64)15-13-23-61-43(66)19-20-44(61)67)37(27-34)56-42(65)16-14-24-62-45(68)21-22-46(62)69/h17-22,27,29-32,35,39-40,47H,12-16,23-26,28H2,1-11H3,(H,54,70)(H,55,64)(H,56,65)(H,58,74)(H,72,73)/t31-,32?,35+,39?,40+,47-/m0/s1. The van der Waals surface area contributed by atoms with E-state index in [1.165, 1.54) is 25.3 Å². The lowest BCUT2D eigenvalue weighted by atomic mass is 9.92. The topological polar surface area (TPSA) is 291 Å². The Hall–Kier alpha value is -7.14. The Balaban J connectivity index is 1.57. The molecular formula is C53H73N9O13S. The van der Waals surface area contributed by atoms with Crippen molar-refractivity contribution in [3.8, 4) is 0 Å². The summed E-state index contributed by atoms with van der Waals surface area (Å²) in [6, 6.07) is 2.49. The second-order valence-electron chi connectivity index (χ2n) is 20.3. The fourth-order valence-electron chi connectivity index (χ4n) is 8.34. The normalized spacial score (nSPS) is 15.9. The molecule has 6 atom stereocenters. The molecule has 0 bridgehead atoms. The van der Waals surface area contributed by atoms with Crippen LogP contribution in [-0.2, 0) is 59.1 Å². The van der Waals surface area contributed by atoms with Gasteiger partial charge in [-0.05, 0) is 83.2 Å². The van der Waals surface area contributed by atoms with Crippen molar-refractivity contribution in [2.24, 2.45) is 17.8 Å². The van der Waals surface area contributed by atoms with Crippen molar-refractivity contribution in [2.45, 2.75) is 137 Å². The molecule has 2 aromatic rings. The highest BCUT2D eigenvalue weighted by Gasteiger charge is 2.39. The summed E-state index contributed by atoms with van der Waals surface area (Å²) >= 11 is 1.06. The van der Waals surface area contributed by atoms with E-state index in [9.17, 15) is 57.8 Å². The number of carboxylic acid groups (broad SMARTS) is 1. The first-order chi connectivity index (χ1) is 35.6. The van der Waals surface area contributed by atoms with Crippen LogP contribution in [0.5, 0.6) is 0 Å². The minimum atomic E-state index is -1.12. The van der Waals surface area contributed by atoms with Gasteiger partial charge in [0.05, 0.1) is 22.8 Å². The van der Waals surface area contributed by atoms with Crippen molar-refractivity contribution < 1.29 is 62.6 Å². The van der Waals surface area contributed by atoms with Gasteiger partial charge in [0.1, 0.15) is 16.7 Å². The molecule has 9 amide bonds. The van der Waals surface area contributed by atoms with Crippen LogP contribution in [0.4, 0.5) is 11.4 Å². The average molecular weight is 1080 g/mol. The second-order valence-corrected chi connectivity index (χ2v) is 21.2. The number of carbonyl (C=O) groups excluding carboxylic acids is 10. The van der Waals surface area contributed by atoms with E-state index >= 15 is 0 Å². The predicted octanol–water partition coefficient (Wildman–Crippen LogP) is 4.23. The predicted molar refractivity (Wildman–Crippen MR) is 282 cm³/mol. The Morgan fingerprint density at radius 2 is 1.33 bits per heavy atom. The fraction of sp³-hybridized carbons (Fsp3) is 0.547. The smallest absolute Gasteiger partial charge is 0.306 e. The Morgan fingerprint density at radius 3 is 1.82 bits per heavy atom. The zero-order chi connectivity index (χ0) is 56.8. The minimum Gasteiger partial charge on any atom is -0.481 e. The van der Waals surface area contributed by atoms with Crippen molar-refractivity contribution in [3.63, 3.8) is 0 Å². The number of ether oxygens (including phenoxy) is 1. The lowest BCUT2D eigenvalue weighted by Crippen LogP contribution is -2.60. The molecule has 2 aliphatic heterocycles. The maximum absolute atomic E-state index is 14.3. The summed E-state index contributed by atoms with van der Waals surface area (Å²) in [7, 11) is 5.20. The third kappa shape index (κ3) is 16.9. The molecule has 76 heavy (non-hydrogen) atoms. The minimum absolute atomic E-state index is 0.00604. The molecule has 5 N–H and O–H groups in total. The molecular weight excluding hydrogens is 1000 g/mol. The number of hydrogen-bond donors (Lipinski definition) is 5. The molecule has 0 spiro atoms. The van der Waals surface area contributed by atoms with Gasteiger partial charge in [-0.2, -0.15) is 0 Å². The number of amides is 9. The molecule has 0 fully saturated rings. The van der Waals surface area contributed by atoms with E-state index in [1.807, 2.05) is 27.7 Å². The summed E-state index contributed by atoms with van der Waals surface area (Å²) < 4.78 is 5.80. The monoisotopic (exact) mass is 1080 g/mol. The van der Waals surface area contributed by atoms with Gasteiger partial charge in [0.15, 0.2) is 6.10 Å². The van der Waals surface area contributed by atoms with Crippen LogP contribution < -0.4 is 21.3 Å². The van der Waals surface area contributed by atoms with Crippen LogP contribution in [-0.4, -0.2) is 153 Å². The number of benzene rings is 1. The Bertz CT molecular complexity index is 2550. The van der Waals surface area contributed by atoms with Gasteiger partial charge in [0.2, 0.25) is 23.6 Å². The zero-order valence-corrected chi connectivity index (χ0v) is 46.0. The summed E-state index contributed by atoms with van der Waals surface area (Å²) in [4.78, 5) is 151. The molecule has 23 heteroatoms. The molecule has 2 unspecified atom stereocenters. The number of aliphatic carboxylic acids is 1. The van der Waals surface area contributed by atoms with E-state index in [1.54, 1.807) is 56.9 Å². The van der Waals surface area contributed by atoms with Crippen molar-refractivity contribution >= 4 is 87.8 Å². The first-order valence-corrected chi connectivity index (χ1v) is 26.2. The first kappa shape index (κ1) is 61.4. The van der Waals surface area contributed by atoms with E-state index in [0.717, 1.165) is 45.4 Å². The van der Waals surface area contributed by atoms with Crippen LogP contribution in [0.15, 0.2) is 47.9 Å². The van der Waals surface area contributed by atoms with Gasteiger partial charge in [-0.15, -0.1) is 11.3 Å². The van der Waals surface area contributed by atoms with Gasteiger partial charge >= 0.3 is 11.9 Å². The fourth-order valence-corrected chi connectivity index (χ4v) is 9.18. The molecule has 414 valence electrons. The van der Waals surface area contributed by atoms with Crippen molar-refractivity contribution in [3.05, 3.63) is 64.1 Å². The average Bonchev–Trinajstić information content (AvgIpc) is 4.06. The molecule has 1 aromatic heterocycles. The lowest BCUT2D eigenvalue weighted by molar-refractivity contribution is -0.149. The van der Waals surface area contributed by atoms with Crippen molar-refractivity contribution in [1.82, 2.24) is 35.2 Å². The highest BCUT2D eigenvalue weighted by atomic mass is 32.1. The van der Waals surface area contributed by atoms with Gasteiger partial charge in [0.25, 0.3) is 29.5 Å². The van der Waals surface area contributed by atoms with Crippen LogP contribution in [0.2, 0.25) is 0 Å². The number of carboxylic acids is 1. The van der Waals surface area contributed by atoms with Crippen LogP contribution in [0, 0.1) is 17.8 Å². The summed E-state index contributed by atoms with van der Waals surface area (Å²) in [5, 5.41) is 23.1. The Kier molecular flexibility index (Phi) is 22.3. The first-order valence-electron chi connectivity index (χ1n) is 25.4. The van der Waals surface area contributed by atoms with E-state index < -0.39 is 89.0 Å². The number of imide groups is 2. The van der Waals surface area contributed by atoms with Gasteiger partial charge in [-0.3, -0.25) is 67.4 Å². The van der Waals surface area contributed by atoms with Crippen LogP contribution in [0.1, 0.15) is 127 Å². The van der Waals surface area contributed by atoms with E-state index in [0.29, 0.717) is 12.0 Å². The van der Waals surface area contributed by atoms with Crippen molar-refractivity contribution in [2.75, 3.05) is 44.9 Å². The van der Waals surface area contributed by atoms with Gasteiger partial charge in [-0.1, -0.05) is 47.1 Å². The Morgan fingerprint density at radius 1 is 0.789 bits per heavy atom. The maximum Gasteiger partial charge on any atom is 0.306 e. The molecule has 0 radical (unpaired) electrons. The highest BCUT2D eigenvalue weighted by Crippen LogP contribution is 2.32. The number of hydrogen-bond acceptors (Lipinski definition) is 15. The Labute approximate surface area is 447 Å². The van der Waals surface area contributed by atoms with Crippen LogP contribution >= 0.6 is 11.3 Å². The number of aromatic nitrogens is 1. The highest BCUT2D eigenvalue weighted by molar-refractivity contribution is 7.09. The molecule has 0 aliphatic carbocycles. The number of nitrogens with zero attached hydrogens (tertiary/aromatic N) is 5. The number of rotatable bonds is 29. The number of carbonyl (C=O) groups is 11. The number of thiazole rings is 1. The zero-order valence-electron chi connectivity index (χ0n) is 45.2. The van der Waals surface area contributed by atoms with Gasteiger partial charge < -0.3 is 36.0 Å². The molecule has 0 saturated heterocycles. The SMILES string of the molecule is CC[C@H](C)[C@H](NC(=O)C(C)(C)N(C)C)C(=O)N(C)C(C[C@@H](OC(C)=O)c1nc(C(=O)N[C@@H](Cc2ccc(NC(=O)CCCN3C(=O)C=CC3=O)c(NC(=O)CCCN3C(=O)C=CC3=O)c2)CC(C)C(=O)O)cs1)C(C)C.